The Labute approximate surface area is 211 Å². The van der Waals surface area contributed by atoms with Crippen molar-refractivity contribution < 1.29 is 0 Å². The lowest BCUT2D eigenvalue weighted by Gasteiger charge is -2.36. The summed E-state index contributed by atoms with van der Waals surface area (Å²) in [5, 5.41) is 0. The summed E-state index contributed by atoms with van der Waals surface area (Å²) in [7, 11) is 0. The van der Waals surface area contributed by atoms with E-state index in [0.29, 0.717) is 0 Å². The Morgan fingerprint density at radius 2 is 1.29 bits per heavy atom. The van der Waals surface area contributed by atoms with Crippen LogP contribution in [0.15, 0.2) is 125 Å². The molecular formula is C33H25NS. The molecular weight excluding hydrogens is 442 g/mol. The molecule has 0 amide bonds. The summed E-state index contributed by atoms with van der Waals surface area (Å²) in [6.45, 7) is 4.74. The standard InChI is InChI=1S/C33H25NS/c1-33(2)26-18-10-9-17-24(26)30-27(33)21-25(22-13-5-3-6-14-22)31-32(30)35-29-20-12-11-19-28(29)34(31)23-15-7-4-8-16-23/h3-21H,1-2H3. The summed E-state index contributed by atoms with van der Waals surface area (Å²) in [5.74, 6) is 0. The lowest BCUT2D eigenvalue weighted by atomic mass is 9.81. The highest BCUT2D eigenvalue weighted by Crippen LogP contribution is 2.62. The summed E-state index contributed by atoms with van der Waals surface area (Å²) in [5.41, 5.74) is 11.7. The predicted octanol–water partition coefficient (Wildman–Crippen LogP) is 9.59. The topological polar surface area (TPSA) is 3.24 Å². The van der Waals surface area contributed by atoms with Crippen LogP contribution in [0.25, 0.3) is 22.3 Å². The zero-order valence-electron chi connectivity index (χ0n) is 19.8. The molecule has 5 aromatic rings. The molecule has 0 saturated carbocycles. The van der Waals surface area contributed by atoms with E-state index >= 15 is 0 Å². The molecule has 168 valence electrons. The molecule has 0 atom stereocenters. The smallest absolute Gasteiger partial charge is 0.0686 e. The highest BCUT2D eigenvalue weighted by molar-refractivity contribution is 8.00. The zero-order chi connectivity index (χ0) is 23.6. The zero-order valence-corrected chi connectivity index (χ0v) is 20.6. The van der Waals surface area contributed by atoms with Crippen LogP contribution in [0.1, 0.15) is 25.0 Å². The maximum absolute atomic E-state index is 2.47. The molecule has 0 aromatic heterocycles. The minimum atomic E-state index is -0.0560. The van der Waals surface area contributed by atoms with Crippen LogP contribution in [0.5, 0.6) is 0 Å². The molecule has 5 aromatic carbocycles. The maximum atomic E-state index is 2.47. The monoisotopic (exact) mass is 467 g/mol. The van der Waals surface area contributed by atoms with E-state index in [1.807, 2.05) is 11.8 Å². The fourth-order valence-corrected chi connectivity index (χ4v) is 7.01. The number of anilines is 3. The molecule has 35 heavy (non-hydrogen) atoms. The summed E-state index contributed by atoms with van der Waals surface area (Å²) in [6, 6.07) is 41.9. The number of hydrogen-bond donors (Lipinski definition) is 0. The van der Waals surface area contributed by atoms with Crippen molar-refractivity contribution in [3.05, 3.63) is 126 Å². The number of para-hydroxylation sites is 2. The molecule has 0 fully saturated rings. The normalized spacial score (nSPS) is 14.6. The number of fused-ring (bicyclic) bond motifs is 6. The van der Waals surface area contributed by atoms with Crippen LogP contribution in [0.4, 0.5) is 17.1 Å². The van der Waals surface area contributed by atoms with E-state index in [4.69, 9.17) is 0 Å². The van der Waals surface area contributed by atoms with E-state index in [-0.39, 0.29) is 5.41 Å². The van der Waals surface area contributed by atoms with Crippen LogP contribution < -0.4 is 4.90 Å². The van der Waals surface area contributed by atoms with E-state index in [2.05, 4.69) is 134 Å². The largest absolute Gasteiger partial charge is 0.308 e. The van der Waals surface area contributed by atoms with E-state index in [1.165, 1.54) is 60.2 Å². The molecule has 0 saturated heterocycles. The molecule has 1 aliphatic heterocycles. The van der Waals surface area contributed by atoms with Crippen molar-refractivity contribution in [2.24, 2.45) is 0 Å². The molecule has 1 heterocycles. The van der Waals surface area contributed by atoms with Gasteiger partial charge in [-0.05, 0) is 52.6 Å². The first-order chi connectivity index (χ1) is 17.1. The first kappa shape index (κ1) is 20.6. The van der Waals surface area contributed by atoms with Crippen molar-refractivity contribution in [3.8, 4) is 22.3 Å². The van der Waals surface area contributed by atoms with Crippen LogP contribution in [-0.2, 0) is 5.41 Å². The average Bonchev–Trinajstić information content (AvgIpc) is 3.14. The molecule has 0 N–H and O–H groups in total. The van der Waals surface area contributed by atoms with Crippen LogP contribution in [0.2, 0.25) is 0 Å². The number of hydrogen-bond acceptors (Lipinski definition) is 2. The van der Waals surface area contributed by atoms with Crippen molar-refractivity contribution in [1.82, 2.24) is 0 Å². The predicted molar refractivity (Wildman–Crippen MR) is 148 cm³/mol. The van der Waals surface area contributed by atoms with Gasteiger partial charge in [0.25, 0.3) is 0 Å². The Balaban J connectivity index is 1.64. The molecule has 2 heteroatoms. The number of benzene rings is 5. The summed E-state index contributed by atoms with van der Waals surface area (Å²) in [6.07, 6.45) is 0. The van der Waals surface area contributed by atoms with E-state index < -0.39 is 0 Å². The SMILES string of the molecule is CC1(C)c2ccccc2-c2c1cc(-c1ccccc1)c1c2Sc2ccccc2N1c1ccccc1. The van der Waals surface area contributed by atoms with Gasteiger partial charge < -0.3 is 4.90 Å². The lowest BCUT2D eigenvalue weighted by molar-refractivity contribution is 0.660. The van der Waals surface area contributed by atoms with Gasteiger partial charge in [-0.1, -0.05) is 111 Å². The Morgan fingerprint density at radius 1 is 0.629 bits per heavy atom. The van der Waals surface area contributed by atoms with Gasteiger partial charge in [0.1, 0.15) is 0 Å². The van der Waals surface area contributed by atoms with Crippen LogP contribution >= 0.6 is 11.8 Å². The van der Waals surface area contributed by atoms with E-state index in [0.717, 1.165) is 0 Å². The number of rotatable bonds is 2. The molecule has 0 spiro atoms. The van der Waals surface area contributed by atoms with E-state index in [1.54, 1.807) is 0 Å². The third-order valence-electron chi connectivity index (χ3n) is 7.44. The molecule has 0 bridgehead atoms. The molecule has 7 rings (SSSR count). The van der Waals surface area contributed by atoms with Crippen molar-refractivity contribution in [2.75, 3.05) is 4.90 Å². The second-order valence-corrected chi connectivity index (χ2v) is 10.9. The second kappa shape index (κ2) is 7.63. The van der Waals surface area contributed by atoms with Crippen molar-refractivity contribution >= 4 is 28.8 Å². The summed E-state index contributed by atoms with van der Waals surface area (Å²) in [4.78, 5) is 5.11. The van der Waals surface area contributed by atoms with Gasteiger partial charge in [0.15, 0.2) is 0 Å². The van der Waals surface area contributed by atoms with Crippen molar-refractivity contribution in [1.29, 1.82) is 0 Å². The Kier molecular flexibility index (Phi) is 4.49. The van der Waals surface area contributed by atoms with Crippen LogP contribution in [0, 0.1) is 0 Å². The molecule has 2 aliphatic rings. The molecule has 0 radical (unpaired) electrons. The highest BCUT2D eigenvalue weighted by atomic mass is 32.2. The molecule has 1 nitrogen and oxygen atoms in total. The van der Waals surface area contributed by atoms with Crippen LogP contribution in [0.3, 0.4) is 0 Å². The lowest BCUT2D eigenvalue weighted by Crippen LogP contribution is -2.19. The average molecular weight is 468 g/mol. The third kappa shape index (κ3) is 2.96. The van der Waals surface area contributed by atoms with E-state index in [9.17, 15) is 0 Å². The van der Waals surface area contributed by atoms with Gasteiger partial charge in [-0.2, -0.15) is 0 Å². The fourth-order valence-electron chi connectivity index (χ4n) is 5.76. The van der Waals surface area contributed by atoms with Crippen LogP contribution in [-0.4, -0.2) is 0 Å². The summed E-state index contributed by atoms with van der Waals surface area (Å²) < 4.78 is 0. The van der Waals surface area contributed by atoms with Gasteiger partial charge in [-0.15, -0.1) is 0 Å². The minimum Gasteiger partial charge on any atom is -0.308 e. The first-order valence-corrected chi connectivity index (χ1v) is 12.9. The van der Waals surface area contributed by atoms with Gasteiger partial charge in [0.2, 0.25) is 0 Å². The van der Waals surface area contributed by atoms with Crippen molar-refractivity contribution in [3.63, 3.8) is 0 Å². The third-order valence-corrected chi connectivity index (χ3v) is 8.61. The van der Waals surface area contributed by atoms with Gasteiger partial charge in [-0.3, -0.25) is 0 Å². The Hall–Kier alpha value is -3.75. The Bertz CT molecular complexity index is 1590. The van der Waals surface area contributed by atoms with Gasteiger partial charge in [0.05, 0.1) is 11.4 Å². The van der Waals surface area contributed by atoms with Crippen molar-refractivity contribution in [2.45, 2.75) is 29.1 Å². The van der Waals surface area contributed by atoms with Gasteiger partial charge >= 0.3 is 0 Å². The van der Waals surface area contributed by atoms with Gasteiger partial charge in [-0.25, -0.2) is 0 Å². The maximum Gasteiger partial charge on any atom is 0.0686 e. The quantitative estimate of drug-likeness (QED) is 0.249. The first-order valence-electron chi connectivity index (χ1n) is 12.1. The van der Waals surface area contributed by atoms with Gasteiger partial charge in [0, 0.05) is 32.0 Å². The Morgan fingerprint density at radius 3 is 2.09 bits per heavy atom. The fraction of sp³-hybridized carbons (Fsp3) is 0.0909. The summed E-state index contributed by atoms with van der Waals surface area (Å²) >= 11 is 1.92. The number of nitrogens with zero attached hydrogens (tertiary/aromatic N) is 1. The molecule has 0 unspecified atom stereocenters. The minimum absolute atomic E-state index is 0.0560. The highest BCUT2D eigenvalue weighted by Gasteiger charge is 2.41. The second-order valence-electron chi connectivity index (χ2n) is 9.80. The molecule has 1 aliphatic carbocycles.